The molecule has 0 N–H and O–H groups in total. The van der Waals surface area contributed by atoms with Crippen molar-refractivity contribution in [3.63, 3.8) is 0 Å². The Labute approximate surface area is 152 Å². The predicted molar refractivity (Wildman–Crippen MR) is 93.3 cm³/mol. The van der Waals surface area contributed by atoms with E-state index in [1.54, 1.807) is 45.0 Å². The van der Waals surface area contributed by atoms with Gasteiger partial charge >= 0.3 is 11.9 Å². The summed E-state index contributed by atoms with van der Waals surface area (Å²) in [5.74, 6) is -3.62. The van der Waals surface area contributed by atoms with Gasteiger partial charge in [-0.05, 0) is 51.5 Å². The number of cyclic esters (lactones) is 1. The summed E-state index contributed by atoms with van der Waals surface area (Å²) in [5, 5.41) is 0.536. The minimum absolute atomic E-state index is 0.134. The molecule has 25 heavy (non-hydrogen) atoms. The second-order valence-electron chi connectivity index (χ2n) is 6.67. The van der Waals surface area contributed by atoms with Crippen LogP contribution in [0.15, 0.2) is 24.3 Å². The van der Waals surface area contributed by atoms with Crippen molar-refractivity contribution in [2.24, 2.45) is 17.8 Å². The lowest BCUT2D eigenvalue weighted by molar-refractivity contribution is -0.157. The molecule has 1 aromatic carbocycles. The van der Waals surface area contributed by atoms with Crippen LogP contribution in [-0.2, 0) is 19.1 Å². The van der Waals surface area contributed by atoms with E-state index < -0.39 is 35.3 Å². The first-order chi connectivity index (χ1) is 11.7. The summed E-state index contributed by atoms with van der Waals surface area (Å²) in [5.41, 5.74) is -0.439. The van der Waals surface area contributed by atoms with Gasteiger partial charge in [-0.25, -0.2) is 0 Å². The summed E-state index contributed by atoms with van der Waals surface area (Å²) in [6, 6.07) is 6.59. The van der Waals surface area contributed by atoms with E-state index >= 15 is 0 Å². The number of ether oxygens (including phenoxy) is 2. The van der Waals surface area contributed by atoms with Gasteiger partial charge in [-0.3, -0.25) is 14.4 Å². The molecule has 0 saturated carbocycles. The molecule has 0 unspecified atom stereocenters. The Bertz CT molecular complexity index is 665. The molecule has 0 aromatic heterocycles. The van der Waals surface area contributed by atoms with Gasteiger partial charge < -0.3 is 9.47 Å². The van der Waals surface area contributed by atoms with Crippen molar-refractivity contribution >= 4 is 29.3 Å². The van der Waals surface area contributed by atoms with Crippen LogP contribution in [0.2, 0.25) is 5.02 Å². The first-order valence-corrected chi connectivity index (χ1v) is 8.80. The molecule has 1 aliphatic rings. The van der Waals surface area contributed by atoms with Crippen molar-refractivity contribution in [2.45, 2.75) is 39.7 Å². The molecule has 1 heterocycles. The minimum Gasteiger partial charge on any atom is -0.465 e. The maximum Gasteiger partial charge on any atom is 0.321 e. The predicted octanol–water partition coefficient (Wildman–Crippen LogP) is 3.68. The van der Waals surface area contributed by atoms with Crippen LogP contribution in [0.3, 0.4) is 0 Å². The molecular weight excluding hydrogens is 344 g/mol. The highest BCUT2D eigenvalue weighted by Gasteiger charge is 2.58. The van der Waals surface area contributed by atoms with Crippen molar-refractivity contribution in [1.82, 2.24) is 0 Å². The molecule has 0 bridgehead atoms. The summed E-state index contributed by atoms with van der Waals surface area (Å²) < 4.78 is 10.5. The minimum atomic E-state index is -1.09. The van der Waals surface area contributed by atoms with Gasteiger partial charge in [-0.1, -0.05) is 18.5 Å². The molecule has 5 nitrogen and oxygen atoms in total. The molecule has 0 aliphatic carbocycles. The van der Waals surface area contributed by atoms with E-state index in [4.69, 9.17) is 21.1 Å². The number of carbonyl (C=O) groups excluding carboxylic acids is 3. The zero-order chi connectivity index (χ0) is 18.8. The van der Waals surface area contributed by atoms with E-state index in [-0.39, 0.29) is 12.4 Å². The fourth-order valence-corrected chi connectivity index (χ4v) is 3.69. The zero-order valence-corrected chi connectivity index (χ0v) is 15.6. The number of Topliss-reactive ketones (excluding diaryl/α,β-unsaturated/α-hetero) is 1. The van der Waals surface area contributed by atoms with Crippen LogP contribution in [-0.4, -0.2) is 29.9 Å². The van der Waals surface area contributed by atoms with E-state index in [9.17, 15) is 14.4 Å². The van der Waals surface area contributed by atoms with Crippen molar-refractivity contribution in [3.8, 4) is 0 Å². The Morgan fingerprint density at radius 1 is 1.24 bits per heavy atom. The average Bonchev–Trinajstić information content (AvgIpc) is 2.78. The van der Waals surface area contributed by atoms with E-state index in [2.05, 4.69) is 0 Å². The molecule has 6 heteroatoms. The largest absolute Gasteiger partial charge is 0.465 e. The molecule has 1 fully saturated rings. The van der Waals surface area contributed by atoms with Crippen LogP contribution in [0.4, 0.5) is 0 Å². The molecule has 136 valence electrons. The lowest BCUT2D eigenvalue weighted by Gasteiger charge is -2.32. The summed E-state index contributed by atoms with van der Waals surface area (Å²) in [6.45, 7) is 7.16. The quantitative estimate of drug-likeness (QED) is 0.436. The SMILES string of the molecule is CCOC(=O)[C@@H]1C(=O)OC(C)(C)[C@H]1[C@@H](CC)C(=O)c1ccc(Cl)cc1. The number of carbonyl (C=O) groups is 3. The topological polar surface area (TPSA) is 69.7 Å². The summed E-state index contributed by atoms with van der Waals surface area (Å²) in [7, 11) is 0. The first-order valence-electron chi connectivity index (χ1n) is 8.42. The number of hydrogen-bond acceptors (Lipinski definition) is 5. The van der Waals surface area contributed by atoms with Gasteiger partial charge in [0.05, 0.1) is 6.61 Å². The fourth-order valence-electron chi connectivity index (χ4n) is 3.56. The van der Waals surface area contributed by atoms with Gasteiger partial charge in [0.2, 0.25) is 0 Å². The van der Waals surface area contributed by atoms with Crippen molar-refractivity contribution in [3.05, 3.63) is 34.9 Å². The fraction of sp³-hybridized carbons (Fsp3) is 0.526. The van der Waals surface area contributed by atoms with Gasteiger partial charge in [0.15, 0.2) is 11.7 Å². The highest BCUT2D eigenvalue weighted by atomic mass is 35.5. The number of hydrogen-bond donors (Lipinski definition) is 0. The third-order valence-electron chi connectivity index (χ3n) is 4.66. The number of ketones is 1. The summed E-state index contributed by atoms with van der Waals surface area (Å²) >= 11 is 5.88. The van der Waals surface area contributed by atoms with Crippen LogP contribution in [0.5, 0.6) is 0 Å². The molecule has 2 rings (SSSR count). The standard InChI is InChI=1S/C19H23ClO5/c1-5-13(16(21)11-7-9-12(20)10-8-11)15-14(17(22)24-6-2)18(23)25-19(15,3)4/h7-10,13-15H,5-6H2,1-4H3/t13-,14-,15+/m1/s1. The molecule has 0 spiro atoms. The van der Waals surface area contributed by atoms with Crippen LogP contribution in [0, 0.1) is 17.8 Å². The maximum absolute atomic E-state index is 13.0. The summed E-state index contributed by atoms with van der Waals surface area (Å²) in [4.78, 5) is 37.6. The lowest BCUT2D eigenvalue weighted by Crippen LogP contribution is -2.42. The Morgan fingerprint density at radius 3 is 2.36 bits per heavy atom. The number of benzene rings is 1. The number of rotatable bonds is 6. The highest BCUT2D eigenvalue weighted by Crippen LogP contribution is 2.44. The lowest BCUT2D eigenvalue weighted by atomic mass is 9.70. The van der Waals surface area contributed by atoms with Crippen molar-refractivity contribution < 1.29 is 23.9 Å². The molecule has 1 saturated heterocycles. The summed E-state index contributed by atoms with van der Waals surface area (Å²) in [6.07, 6.45) is 0.474. The van der Waals surface area contributed by atoms with Crippen molar-refractivity contribution in [2.75, 3.05) is 6.61 Å². The molecule has 3 atom stereocenters. The Morgan fingerprint density at radius 2 is 1.84 bits per heavy atom. The Hall–Kier alpha value is -1.88. The maximum atomic E-state index is 13.0. The van der Waals surface area contributed by atoms with Crippen LogP contribution in [0.1, 0.15) is 44.5 Å². The molecule has 0 radical (unpaired) electrons. The van der Waals surface area contributed by atoms with E-state index in [1.165, 1.54) is 0 Å². The van der Waals surface area contributed by atoms with Gasteiger partial charge in [0, 0.05) is 22.4 Å². The first kappa shape index (κ1) is 19.4. The second kappa shape index (κ2) is 7.56. The molecule has 0 amide bonds. The van der Waals surface area contributed by atoms with Gasteiger partial charge in [0.1, 0.15) is 5.60 Å². The van der Waals surface area contributed by atoms with E-state index in [0.29, 0.717) is 17.0 Å². The number of halogens is 1. The van der Waals surface area contributed by atoms with Crippen LogP contribution >= 0.6 is 11.6 Å². The van der Waals surface area contributed by atoms with E-state index in [1.807, 2.05) is 6.92 Å². The molecule has 1 aliphatic heterocycles. The zero-order valence-electron chi connectivity index (χ0n) is 14.9. The van der Waals surface area contributed by atoms with Crippen LogP contribution < -0.4 is 0 Å². The monoisotopic (exact) mass is 366 g/mol. The van der Waals surface area contributed by atoms with Gasteiger partial charge in [-0.15, -0.1) is 0 Å². The highest BCUT2D eigenvalue weighted by molar-refractivity contribution is 6.30. The third-order valence-corrected chi connectivity index (χ3v) is 4.91. The third kappa shape index (κ3) is 3.87. The van der Waals surface area contributed by atoms with Gasteiger partial charge in [0.25, 0.3) is 0 Å². The molecule has 1 aromatic rings. The Balaban J connectivity index is 2.40. The van der Waals surface area contributed by atoms with Crippen LogP contribution in [0.25, 0.3) is 0 Å². The number of esters is 2. The Kier molecular flexibility index (Phi) is 5.88. The average molecular weight is 367 g/mol. The molecular formula is C19H23ClO5. The normalized spacial score (nSPS) is 23.0. The second-order valence-corrected chi connectivity index (χ2v) is 7.10. The van der Waals surface area contributed by atoms with Crippen molar-refractivity contribution in [1.29, 1.82) is 0 Å². The van der Waals surface area contributed by atoms with E-state index in [0.717, 1.165) is 0 Å². The van der Waals surface area contributed by atoms with Gasteiger partial charge in [-0.2, -0.15) is 0 Å². The smallest absolute Gasteiger partial charge is 0.321 e.